The highest BCUT2D eigenvalue weighted by molar-refractivity contribution is 6.01. The summed E-state index contributed by atoms with van der Waals surface area (Å²) in [7, 11) is 0. The van der Waals surface area contributed by atoms with Crippen LogP contribution in [0.25, 0.3) is 0 Å². The third-order valence-electron chi connectivity index (χ3n) is 3.84. The van der Waals surface area contributed by atoms with E-state index in [0.29, 0.717) is 0 Å². The number of Topliss-reactive ketones (excluding diaryl/α,β-unsaturated/α-hetero) is 1. The van der Waals surface area contributed by atoms with Crippen molar-refractivity contribution in [1.29, 1.82) is 0 Å². The van der Waals surface area contributed by atoms with Gasteiger partial charge in [-0.05, 0) is 40.5 Å². The normalized spacial score (nSPS) is 23.9. The number of ketones is 1. The molecule has 6 nitrogen and oxygen atoms in total. The lowest BCUT2D eigenvalue weighted by molar-refractivity contribution is -0.154. The molecule has 1 aliphatic heterocycles. The number of hydrogen-bond donors (Lipinski definition) is 0. The lowest BCUT2D eigenvalue weighted by Gasteiger charge is -2.39. The van der Waals surface area contributed by atoms with Gasteiger partial charge in [-0.25, -0.2) is 4.79 Å². The van der Waals surface area contributed by atoms with Crippen LogP contribution in [0.1, 0.15) is 47.0 Å². The summed E-state index contributed by atoms with van der Waals surface area (Å²) in [5.41, 5.74) is -1.03. The number of likely N-dealkylation sites (tertiary alicyclic amines) is 1. The van der Waals surface area contributed by atoms with Crippen molar-refractivity contribution in [2.45, 2.75) is 58.1 Å². The van der Waals surface area contributed by atoms with Gasteiger partial charge in [-0.1, -0.05) is 0 Å². The molecule has 1 unspecified atom stereocenters. The minimum Gasteiger partial charge on any atom is -0.465 e. The molecule has 1 saturated carbocycles. The van der Waals surface area contributed by atoms with Crippen LogP contribution in [0, 0.1) is 5.92 Å². The van der Waals surface area contributed by atoms with E-state index >= 15 is 0 Å². The van der Waals surface area contributed by atoms with Gasteiger partial charge < -0.3 is 14.4 Å². The second kappa shape index (κ2) is 5.31. The first-order valence-corrected chi connectivity index (χ1v) is 7.38. The summed E-state index contributed by atoms with van der Waals surface area (Å²) in [6.45, 7) is 7.36. The molecule has 0 N–H and O–H groups in total. The van der Waals surface area contributed by atoms with Crippen molar-refractivity contribution in [3.05, 3.63) is 0 Å². The van der Waals surface area contributed by atoms with E-state index in [1.54, 1.807) is 32.6 Å². The maximum Gasteiger partial charge on any atom is 0.410 e. The maximum atomic E-state index is 12.3. The summed E-state index contributed by atoms with van der Waals surface area (Å²) in [6, 6.07) is 0. The topological polar surface area (TPSA) is 72.9 Å². The summed E-state index contributed by atoms with van der Waals surface area (Å²) in [5, 5.41) is 0. The molecule has 21 heavy (non-hydrogen) atoms. The summed E-state index contributed by atoms with van der Waals surface area (Å²) in [5.74, 6) is -1.57. The molecular formula is C15H23NO5. The zero-order valence-electron chi connectivity index (χ0n) is 13.1. The maximum absolute atomic E-state index is 12.3. The van der Waals surface area contributed by atoms with E-state index in [-0.39, 0.29) is 25.4 Å². The third kappa shape index (κ3) is 3.36. The van der Waals surface area contributed by atoms with Gasteiger partial charge >= 0.3 is 12.1 Å². The summed E-state index contributed by atoms with van der Waals surface area (Å²) in [6.07, 6.45) is 1.33. The van der Waals surface area contributed by atoms with Gasteiger partial charge in [0.15, 0.2) is 5.78 Å². The number of esters is 1. The van der Waals surface area contributed by atoms with E-state index in [0.717, 1.165) is 12.8 Å². The van der Waals surface area contributed by atoms with Crippen LogP contribution in [-0.2, 0) is 19.1 Å². The fourth-order valence-corrected chi connectivity index (χ4v) is 2.65. The zero-order chi connectivity index (χ0) is 15.8. The number of piperidine rings is 1. The van der Waals surface area contributed by atoms with E-state index in [9.17, 15) is 14.4 Å². The molecule has 0 radical (unpaired) electrons. The number of ether oxygens (including phenoxy) is 2. The molecule has 0 aromatic carbocycles. The number of hydrogen-bond acceptors (Lipinski definition) is 5. The number of nitrogens with zero attached hydrogens (tertiary/aromatic N) is 1. The quantitative estimate of drug-likeness (QED) is 0.575. The van der Waals surface area contributed by atoms with Gasteiger partial charge in [0.25, 0.3) is 0 Å². The Balaban J connectivity index is 2.13. The first kappa shape index (κ1) is 15.8. The van der Waals surface area contributed by atoms with E-state index in [1.165, 1.54) is 0 Å². The van der Waals surface area contributed by atoms with Crippen molar-refractivity contribution in [2.24, 2.45) is 5.92 Å². The molecule has 1 aliphatic carbocycles. The Morgan fingerprint density at radius 1 is 1.33 bits per heavy atom. The smallest absolute Gasteiger partial charge is 0.410 e. The van der Waals surface area contributed by atoms with Crippen molar-refractivity contribution in [2.75, 3.05) is 13.2 Å². The van der Waals surface area contributed by atoms with Crippen molar-refractivity contribution in [1.82, 2.24) is 4.90 Å². The van der Waals surface area contributed by atoms with Crippen molar-refractivity contribution in [3.8, 4) is 0 Å². The van der Waals surface area contributed by atoms with Gasteiger partial charge in [-0.3, -0.25) is 9.59 Å². The lowest BCUT2D eigenvalue weighted by atomic mass is 9.90. The minimum atomic E-state index is -0.885. The second-order valence-corrected chi connectivity index (χ2v) is 6.76. The summed E-state index contributed by atoms with van der Waals surface area (Å²) >= 11 is 0. The van der Waals surface area contributed by atoms with Crippen LogP contribution in [0.3, 0.4) is 0 Å². The highest BCUT2D eigenvalue weighted by Crippen LogP contribution is 2.48. The molecule has 1 amide bonds. The Kier molecular flexibility index (Phi) is 4.00. The van der Waals surface area contributed by atoms with Crippen LogP contribution in [0.15, 0.2) is 0 Å². The predicted octanol–water partition coefficient (Wildman–Crippen LogP) is 1.91. The van der Waals surface area contributed by atoms with Gasteiger partial charge in [0, 0.05) is 13.0 Å². The van der Waals surface area contributed by atoms with E-state index < -0.39 is 29.1 Å². The van der Waals surface area contributed by atoms with Crippen molar-refractivity contribution >= 4 is 17.8 Å². The molecule has 0 aromatic heterocycles. The average Bonchev–Trinajstić information content (AvgIpc) is 3.07. The molecule has 1 atom stereocenters. The monoisotopic (exact) mass is 297 g/mol. The van der Waals surface area contributed by atoms with Crippen LogP contribution >= 0.6 is 0 Å². The van der Waals surface area contributed by atoms with Gasteiger partial charge in [0.05, 0.1) is 12.1 Å². The number of carbonyl (C=O) groups excluding carboxylic acids is 3. The molecule has 1 spiro atoms. The fourth-order valence-electron chi connectivity index (χ4n) is 2.65. The van der Waals surface area contributed by atoms with Crippen LogP contribution in [0.2, 0.25) is 0 Å². The van der Waals surface area contributed by atoms with Crippen LogP contribution in [-0.4, -0.2) is 47.0 Å². The SMILES string of the molecule is CCOC(=O)C1CN(C(=O)OC(C)(C)C)C2(CC2)CC1=O. The molecule has 2 rings (SSSR count). The summed E-state index contributed by atoms with van der Waals surface area (Å²) < 4.78 is 10.3. The Morgan fingerprint density at radius 3 is 2.43 bits per heavy atom. The molecule has 1 heterocycles. The van der Waals surface area contributed by atoms with Crippen LogP contribution in [0.4, 0.5) is 4.79 Å². The predicted molar refractivity (Wildman–Crippen MR) is 74.7 cm³/mol. The zero-order valence-corrected chi connectivity index (χ0v) is 13.1. The van der Waals surface area contributed by atoms with Gasteiger partial charge in [-0.2, -0.15) is 0 Å². The van der Waals surface area contributed by atoms with Gasteiger partial charge in [0.1, 0.15) is 11.5 Å². The average molecular weight is 297 g/mol. The van der Waals surface area contributed by atoms with Crippen molar-refractivity contribution in [3.63, 3.8) is 0 Å². The highest BCUT2D eigenvalue weighted by atomic mass is 16.6. The van der Waals surface area contributed by atoms with E-state index in [4.69, 9.17) is 9.47 Å². The van der Waals surface area contributed by atoms with E-state index in [1.807, 2.05) is 0 Å². The molecule has 2 aliphatic rings. The molecule has 0 aromatic rings. The summed E-state index contributed by atoms with van der Waals surface area (Å²) in [4.78, 5) is 37.9. The molecular weight excluding hydrogens is 274 g/mol. The van der Waals surface area contributed by atoms with Gasteiger partial charge in [0.2, 0.25) is 0 Å². The largest absolute Gasteiger partial charge is 0.465 e. The van der Waals surface area contributed by atoms with Crippen LogP contribution in [0.5, 0.6) is 0 Å². The Morgan fingerprint density at radius 2 is 1.95 bits per heavy atom. The second-order valence-electron chi connectivity index (χ2n) is 6.76. The van der Waals surface area contributed by atoms with Gasteiger partial charge in [-0.15, -0.1) is 0 Å². The first-order chi connectivity index (χ1) is 9.68. The Bertz CT molecular complexity index is 461. The standard InChI is InChI=1S/C15H23NO5/c1-5-20-12(18)10-9-16(13(19)21-14(2,3)4)15(6-7-15)8-11(10)17/h10H,5-9H2,1-4H3. The molecule has 2 fully saturated rings. The number of amides is 1. The number of rotatable bonds is 2. The molecule has 0 bridgehead atoms. The fraction of sp³-hybridized carbons (Fsp3) is 0.800. The first-order valence-electron chi connectivity index (χ1n) is 7.38. The van der Waals surface area contributed by atoms with Crippen molar-refractivity contribution < 1.29 is 23.9 Å². The molecule has 1 saturated heterocycles. The van der Waals surface area contributed by atoms with Crippen LogP contribution < -0.4 is 0 Å². The third-order valence-corrected chi connectivity index (χ3v) is 3.84. The Hall–Kier alpha value is -1.59. The lowest BCUT2D eigenvalue weighted by Crippen LogP contribution is -2.55. The Labute approximate surface area is 124 Å². The number of carbonyl (C=O) groups is 3. The highest BCUT2D eigenvalue weighted by Gasteiger charge is 2.58. The molecule has 6 heteroatoms. The molecule has 118 valence electrons. The minimum absolute atomic E-state index is 0.0621. The van der Waals surface area contributed by atoms with E-state index in [2.05, 4.69) is 0 Å².